The number of hydrogen-bond acceptors (Lipinski definition) is 9. The third kappa shape index (κ3) is 27.7. The molecule has 254 valence electrons. The van der Waals surface area contributed by atoms with E-state index < -0.39 is 51.1 Å². The summed E-state index contributed by atoms with van der Waals surface area (Å²) in [6, 6.07) is -1.51. The first-order chi connectivity index (χ1) is 20.6. The quantitative estimate of drug-likeness (QED) is 0.0398. The van der Waals surface area contributed by atoms with Crippen LogP contribution < -0.4 is 5.73 Å². The summed E-state index contributed by atoms with van der Waals surface area (Å²) in [5, 5.41) is 8.81. The maximum Gasteiger partial charge on any atom is 0.472 e. The summed E-state index contributed by atoms with van der Waals surface area (Å²) in [4.78, 5) is 45.4. The van der Waals surface area contributed by atoms with Crippen molar-refractivity contribution in [3.8, 4) is 0 Å². The lowest BCUT2D eigenvalue weighted by atomic mass is 10.1. The monoisotopic (exact) mass is 637 g/mol. The Morgan fingerprint density at radius 2 is 1.02 bits per heavy atom. The number of phosphoric acid groups is 1. The van der Waals surface area contributed by atoms with Crippen LogP contribution in [0.5, 0.6) is 0 Å². The van der Waals surface area contributed by atoms with Crippen LogP contribution in [0.15, 0.2) is 0 Å². The van der Waals surface area contributed by atoms with Crippen LogP contribution in [0.2, 0.25) is 0 Å². The smallest absolute Gasteiger partial charge is 0.472 e. The average molecular weight is 638 g/mol. The summed E-state index contributed by atoms with van der Waals surface area (Å²) in [5.41, 5.74) is 5.29. The highest BCUT2D eigenvalue weighted by Crippen LogP contribution is 2.43. The van der Waals surface area contributed by atoms with Crippen LogP contribution in [0.3, 0.4) is 0 Å². The maximum absolute atomic E-state index is 12.4. The number of carbonyl (C=O) groups is 3. The first-order valence-electron chi connectivity index (χ1n) is 16.6. The van der Waals surface area contributed by atoms with Crippen LogP contribution in [-0.4, -0.2) is 59.9 Å². The molecule has 0 amide bonds. The number of phosphoric ester groups is 1. The van der Waals surface area contributed by atoms with Gasteiger partial charge in [-0.15, -0.1) is 0 Å². The van der Waals surface area contributed by atoms with Gasteiger partial charge >= 0.3 is 25.7 Å². The summed E-state index contributed by atoms with van der Waals surface area (Å²) < 4.78 is 32.3. The molecule has 0 aliphatic carbocycles. The number of esters is 2. The number of carbonyl (C=O) groups excluding carboxylic acids is 2. The molecule has 0 fully saturated rings. The van der Waals surface area contributed by atoms with Crippen LogP contribution in [0.25, 0.3) is 0 Å². The minimum atomic E-state index is -4.69. The minimum Gasteiger partial charge on any atom is -0.480 e. The van der Waals surface area contributed by atoms with Gasteiger partial charge in [-0.05, 0) is 12.8 Å². The normalized spacial score (nSPS) is 14.1. The molecule has 12 heteroatoms. The van der Waals surface area contributed by atoms with Crippen LogP contribution in [0.4, 0.5) is 0 Å². The molecule has 0 aliphatic rings. The third-order valence-electron chi connectivity index (χ3n) is 7.11. The highest BCUT2D eigenvalue weighted by Gasteiger charge is 2.28. The average Bonchev–Trinajstić information content (AvgIpc) is 2.97. The van der Waals surface area contributed by atoms with E-state index in [1.165, 1.54) is 70.6 Å². The van der Waals surface area contributed by atoms with Gasteiger partial charge in [0.1, 0.15) is 12.6 Å². The first-order valence-corrected chi connectivity index (χ1v) is 18.1. The number of hydrogen-bond donors (Lipinski definition) is 3. The Balaban J connectivity index is 4.51. The van der Waals surface area contributed by atoms with Gasteiger partial charge in [-0.25, -0.2) is 4.57 Å². The van der Waals surface area contributed by atoms with E-state index in [-0.39, 0.29) is 19.4 Å². The SMILES string of the molecule is CCCCCCCCCCCCCC(=O)OC(COC(=O)CCCCCCCCCC)COP(=O)(O)OCC(N)C(=O)O. The van der Waals surface area contributed by atoms with E-state index in [9.17, 15) is 23.8 Å². The first kappa shape index (κ1) is 41.5. The Hall–Kier alpha value is -1.52. The van der Waals surface area contributed by atoms with E-state index in [0.717, 1.165) is 38.5 Å². The Morgan fingerprint density at radius 1 is 0.628 bits per heavy atom. The van der Waals surface area contributed by atoms with Gasteiger partial charge < -0.3 is 25.2 Å². The molecule has 11 nitrogen and oxygen atoms in total. The van der Waals surface area contributed by atoms with Crippen LogP contribution in [0.1, 0.15) is 149 Å². The van der Waals surface area contributed by atoms with Gasteiger partial charge in [-0.2, -0.15) is 0 Å². The van der Waals surface area contributed by atoms with E-state index >= 15 is 0 Å². The predicted molar refractivity (Wildman–Crippen MR) is 166 cm³/mol. The number of aliphatic carboxylic acids is 1. The molecule has 4 N–H and O–H groups in total. The van der Waals surface area contributed by atoms with Crippen molar-refractivity contribution in [2.24, 2.45) is 5.73 Å². The molecule has 3 unspecified atom stereocenters. The molecule has 0 aliphatic heterocycles. The fraction of sp³-hybridized carbons (Fsp3) is 0.903. The van der Waals surface area contributed by atoms with Crippen LogP contribution in [0, 0.1) is 0 Å². The second kappa shape index (κ2) is 28.0. The fourth-order valence-electron chi connectivity index (χ4n) is 4.42. The topological polar surface area (TPSA) is 172 Å². The predicted octanol–water partition coefficient (Wildman–Crippen LogP) is 7.22. The van der Waals surface area contributed by atoms with E-state index in [1.54, 1.807) is 0 Å². The zero-order chi connectivity index (χ0) is 32.2. The number of nitrogens with two attached hydrogens (primary N) is 1. The number of rotatable bonds is 31. The zero-order valence-corrected chi connectivity index (χ0v) is 27.7. The lowest BCUT2D eigenvalue weighted by Gasteiger charge is -2.20. The molecule has 0 aromatic heterocycles. The lowest BCUT2D eigenvalue weighted by Crippen LogP contribution is -2.34. The van der Waals surface area contributed by atoms with Crippen molar-refractivity contribution in [1.29, 1.82) is 0 Å². The highest BCUT2D eigenvalue weighted by molar-refractivity contribution is 7.47. The minimum absolute atomic E-state index is 0.167. The number of ether oxygens (including phenoxy) is 2. The summed E-state index contributed by atoms with van der Waals surface area (Å²) in [6.45, 7) is 2.72. The zero-order valence-electron chi connectivity index (χ0n) is 26.8. The maximum atomic E-state index is 12.4. The van der Waals surface area contributed by atoms with Gasteiger partial charge in [-0.3, -0.25) is 23.4 Å². The van der Waals surface area contributed by atoms with Gasteiger partial charge in [0, 0.05) is 12.8 Å². The fourth-order valence-corrected chi connectivity index (χ4v) is 5.19. The lowest BCUT2D eigenvalue weighted by molar-refractivity contribution is -0.161. The molecular formula is C31H60NO10P. The third-order valence-corrected chi connectivity index (χ3v) is 8.06. The molecule has 43 heavy (non-hydrogen) atoms. The molecule has 0 aromatic rings. The Labute approximate surface area is 259 Å². The van der Waals surface area contributed by atoms with Crippen LogP contribution >= 0.6 is 7.82 Å². The van der Waals surface area contributed by atoms with Crippen molar-refractivity contribution in [1.82, 2.24) is 0 Å². The molecule has 0 spiro atoms. The van der Waals surface area contributed by atoms with Gasteiger partial charge in [0.2, 0.25) is 0 Å². The van der Waals surface area contributed by atoms with Crippen molar-refractivity contribution >= 4 is 25.7 Å². The molecule has 0 saturated carbocycles. The number of carboxylic acid groups (broad SMARTS) is 1. The van der Waals surface area contributed by atoms with Gasteiger partial charge in [0.05, 0.1) is 13.2 Å². The molecule has 0 saturated heterocycles. The summed E-state index contributed by atoms with van der Waals surface area (Å²) >= 11 is 0. The number of carboxylic acids is 1. The van der Waals surface area contributed by atoms with Crippen molar-refractivity contribution in [3.63, 3.8) is 0 Å². The van der Waals surface area contributed by atoms with Crippen molar-refractivity contribution in [3.05, 3.63) is 0 Å². The Kier molecular flexibility index (Phi) is 27.0. The van der Waals surface area contributed by atoms with Gasteiger partial charge in [0.25, 0.3) is 0 Å². The molecule has 0 rings (SSSR count). The molecular weight excluding hydrogens is 577 g/mol. The van der Waals surface area contributed by atoms with E-state index in [2.05, 4.69) is 18.4 Å². The van der Waals surface area contributed by atoms with E-state index in [4.69, 9.17) is 24.8 Å². The van der Waals surface area contributed by atoms with Gasteiger partial charge in [0.15, 0.2) is 6.10 Å². The molecule has 0 heterocycles. The van der Waals surface area contributed by atoms with Crippen molar-refractivity contribution in [2.75, 3.05) is 19.8 Å². The van der Waals surface area contributed by atoms with E-state index in [0.29, 0.717) is 12.8 Å². The summed E-state index contributed by atoms with van der Waals surface area (Å²) in [5.74, 6) is -2.38. The largest absolute Gasteiger partial charge is 0.480 e. The Bertz CT molecular complexity index is 767. The molecule has 3 atom stereocenters. The summed E-state index contributed by atoms with van der Waals surface area (Å²) in [6.07, 6.45) is 20.5. The molecule has 0 bridgehead atoms. The van der Waals surface area contributed by atoms with Crippen molar-refractivity contribution in [2.45, 2.75) is 161 Å². The number of unbranched alkanes of at least 4 members (excludes halogenated alkanes) is 17. The Morgan fingerprint density at radius 3 is 1.47 bits per heavy atom. The van der Waals surface area contributed by atoms with Crippen LogP contribution in [-0.2, 0) is 37.5 Å². The van der Waals surface area contributed by atoms with E-state index in [1.807, 2.05) is 0 Å². The van der Waals surface area contributed by atoms with Crippen molar-refractivity contribution < 1.29 is 47.5 Å². The highest BCUT2D eigenvalue weighted by atomic mass is 31.2. The van der Waals surface area contributed by atoms with Gasteiger partial charge in [-0.1, -0.05) is 123 Å². The second-order valence-electron chi connectivity index (χ2n) is 11.3. The molecule has 0 radical (unpaired) electrons. The standard InChI is InChI=1S/C31H60NO10P/c1-3-5-7-9-11-13-14-15-17-19-21-23-30(34)42-27(25-40-43(37,38)41-26-28(32)31(35)36)24-39-29(33)22-20-18-16-12-10-8-6-4-2/h27-28H,3-26,32H2,1-2H3,(H,35,36)(H,37,38). The second-order valence-corrected chi connectivity index (χ2v) is 12.8. The summed E-state index contributed by atoms with van der Waals surface area (Å²) in [7, 11) is -4.69. The molecule has 0 aromatic carbocycles.